The number of aromatic nitrogens is 3. The van der Waals surface area contributed by atoms with Crippen LogP contribution in [0.1, 0.15) is 37.8 Å². The number of aliphatic hydroxyl groups is 1. The minimum absolute atomic E-state index is 0.335. The molecule has 108 valence electrons. The van der Waals surface area contributed by atoms with Gasteiger partial charge in [-0.15, -0.1) is 0 Å². The normalized spacial score (nSPS) is 12.4. The second-order valence-electron chi connectivity index (χ2n) is 4.55. The summed E-state index contributed by atoms with van der Waals surface area (Å²) in [5.74, 6) is 1.44. The van der Waals surface area contributed by atoms with E-state index in [1.807, 2.05) is 22.9 Å². The summed E-state index contributed by atoms with van der Waals surface area (Å²) in [5.41, 5.74) is 0.751. The molecule has 1 aromatic carbocycles. The number of nitrogens with zero attached hydrogens (tertiary/aromatic N) is 3. The molecular weight excluding hydrogens is 322 g/mol. The number of ether oxygens (including phenoxy) is 1. The summed E-state index contributed by atoms with van der Waals surface area (Å²) in [7, 11) is 0. The average Bonchev–Trinajstić information content (AvgIpc) is 2.85. The lowest BCUT2D eigenvalue weighted by molar-refractivity contribution is 0.189. The maximum atomic E-state index is 9.79. The van der Waals surface area contributed by atoms with Crippen LogP contribution in [-0.4, -0.2) is 19.9 Å². The van der Waals surface area contributed by atoms with Crippen molar-refractivity contribution in [2.45, 2.75) is 39.5 Å². The Morgan fingerprint density at radius 1 is 1.45 bits per heavy atom. The molecule has 0 saturated carbocycles. The van der Waals surface area contributed by atoms with E-state index in [1.54, 1.807) is 6.92 Å². The van der Waals surface area contributed by atoms with E-state index >= 15 is 0 Å². The third kappa shape index (κ3) is 3.58. The fourth-order valence-corrected chi connectivity index (χ4v) is 2.30. The number of aliphatic hydroxyl groups excluding tert-OH is 1. The lowest BCUT2D eigenvalue weighted by Gasteiger charge is -2.14. The van der Waals surface area contributed by atoms with Crippen LogP contribution in [0.3, 0.4) is 0 Å². The molecule has 1 N–H and O–H groups in total. The van der Waals surface area contributed by atoms with Gasteiger partial charge in [0, 0.05) is 16.6 Å². The molecule has 2 aromatic rings. The summed E-state index contributed by atoms with van der Waals surface area (Å²) in [5, 5.41) is 13.9. The second-order valence-corrected chi connectivity index (χ2v) is 5.46. The molecular formula is C14H18BrN3O2. The molecule has 1 aromatic heterocycles. The first-order valence-electron chi connectivity index (χ1n) is 6.58. The number of hydrogen-bond acceptors (Lipinski definition) is 4. The molecule has 0 bridgehead atoms. The maximum Gasteiger partial charge on any atom is 0.164 e. The minimum Gasteiger partial charge on any atom is -0.485 e. The van der Waals surface area contributed by atoms with Gasteiger partial charge in [0.2, 0.25) is 0 Å². The molecule has 6 heteroatoms. The zero-order valence-electron chi connectivity index (χ0n) is 11.6. The van der Waals surface area contributed by atoms with Crippen LogP contribution in [0, 0.1) is 0 Å². The van der Waals surface area contributed by atoms with Crippen molar-refractivity contribution >= 4 is 15.9 Å². The van der Waals surface area contributed by atoms with E-state index in [0.717, 1.165) is 28.8 Å². The molecule has 0 aliphatic rings. The van der Waals surface area contributed by atoms with Gasteiger partial charge in [-0.2, -0.15) is 5.10 Å². The molecule has 0 aliphatic heterocycles. The topological polar surface area (TPSA) is 60.2 Å². The zero-order chi connectivity index (χ0) is 14.5. The van der Waals surface area contributed by atoms with E-state index in [1.165, 1.54) is 6.33 Å². The molecule has 0 fully saturated rings. The molecule has 0 aliphatic carbocycles. The number of halogens is 1. The van der Waals surface area contributed by atoms with Gasteiger partial charge in [0.25, 0.3) is 0 Å². The summed E-state index contributed by atoms with van der Waals surface area (Å²) in [6.07, 6.45) is 1.94. The van der Waals surface area contributed by atoms with Crippen LogP contribution in [-0.2, 0) is 13.2 Å². The highest BCUT2D eigenvalue weighted by Gasteiger charge is 2.11. The third-order valence-corrected chi connectivity index (χ3v) is 3.40. The molecule has 5 nitrogen and oxygen atoms in total. The van der Waals surface area contributed by atoms with E-state index in [4.69, 9.17) is 4.74 Å². The van der Waals surface area contributed by atoms with Crippen molar-refractivity contribution in [3.8, 4) is 5.75 Å². The van der Waals surface area contributed by atoms with Crippen molar-refractivity contribution in [3.63, 3.8) is 0 Å². The van der Waals surface area contributed by atoms with Gasteiger partial charge < -0.3 is 9.84 Å². The van der Waals surface area contributed by atoms with Gasteiger partial charge in [-0.05, 0) is 31.5 Å². The van der Waals surface area contributed by atoms with Gasteiger partial charge in [0.05, 0.1) is 6.10 Å². The van der Waals surface area contributed by atoms with Crippen LogP contribution < -0.4 is 4.74 Å². The van der Waals surface area contributed by atoms with Gasteiger partial charge in [-0.1, -0.05) is 22.9 Å². The summed E-state index contributed by atoms with van der Waals surface area (Å²) >= 11 is 3.39. The van der Waals surface area contributed by atoms with E-state index in [-0.39, 0.29) is 0 Å². The lowest BCUT2D eigenvalue weighted by atomic mass is 10.1. The number of hydrogen-bond donors (Lipinski definition) is 1. The first-order valence-corrected chi connectivity index (χ1v) is 7.38. The van der Waals surface area contributed by atoms with E-state index in [0.29, 0.717) is 12.4 Å². The van der Waals surface area contributed by atoms with E-state index in [9.17, 15) is 5.11 Å². The first-order chi connectivity index (χ1) is 9.61. The van der Waals surface area contributed by atoms with Crippen molar-refractivity contribution in [3.05, 3.63) is 40.4 Å². The third-order valence-electron chi connectivity index (χ3n) is 2.91. The molecule has 20 heavy (non-hydrogen) atoms. The molecule has 0 radical (unpaired) electrons. The number of aryl methyl sites for hydroxylation is 1. The Kier molecular flexibility index (Phi) is 5.14. The Morgan fingerprint density at radius 3 is 2.95 bits per heavy atom. The first kappa shape index (κ1) is 15.0. The van der Waals surface area contributed by atoms with Gasteiger partial charge >= 0.3 is 0 Å². The predicted molar refractivity (Wildman–Crippen MR) is 79.4 cm³/mol. The van der Waals surface area contributed by atoms with Crippen LogP contribution in [0.15, 0.2) is 29.0 Å². The average molecular weight is 340 g/mol. The monoisotopic (exact) mass is 339 g/mol. The van der Waals surface area contributed by atoms with Crippen molar-refractivity contribution in [2.24, 2.45) is 0 Å². The summed E-state index contributed by atoms with van der Waals surface area (Å²) in [6, 6.07) is 5.58. The fourth-order valence-electron chi connectivity index (χ4n) is 1.92. The Balaban J connectivity index is 2.12. The van der Waals surface area contributed by atoms with Gasteiger partial charge in [-0.3, -0.25) is 0 Å². The van der Waals surface area contributed by atoms with E-state index < -0.39 is 6.10 Å². The lowest BCUT2D eigenvalue weighted by Crippen LogP contribution is -2.09. The van der Waals surface area contributed by atoms with Gasteiger partial charge in [0.15, 0.2) is 5.82 Å². The highest BCUT2D eigenvalue weighted by atomic mass is 79.9. The van der Waals surface area contributed by atoms with Crippen LogP contribution in [0.2, 0.25) is 0 Å². The highest BCUT2D eigenvalue weighted by Crippen LogP contribution is 2.28. The quantitative estimate of drug-likeness (QED) is 0.878. The van der Waals surface area contributed by atoms with Gasteiger partial charge in [0.1, 0.15) is 18.7 Å². The Labute approximate surface area is 126 Å². The summed E-state index contributed by atoms with van der Waals surface area (Å²) in [4.78, 5) is 4.20. The standard InChI is InChI=1S/C14H18BrN3O2/c1-3-6-18-14(16-9-17-18)8-20-13-5-4-11(15)7-12(13)10(2)19/h4-5,7,9-10,19H,3,6,8H2,1-2H3/t10-/m1/s1. The largest absolute Gasteiger partial charge is 0.485 e. The smallest absolute Gasteiger partial charge is 0.164 e. The Morgan fingerprint density at radius 2 is 2.25 bits per heavy atom. The van der Waals surface area contributed by atoms with Gasteiger partial charge in [-0.25, -0.2) is 9.67 Å². The summed E-state index contributed by atoms with van der Waals surface area (Å²) in [6.45, 7) is 4.96. The minimum atomic E-state index is -0.587. The van der Waals surface area contributed by atoms with Crippen molar-refractivity contribution in [2.75, 3.05) is 0 Å². The number of benzene rings is 1. The van der Waals surface area contributed by atoms with Crippen molar-refractivity contribution < 1.29 is 9.84 Å². The van der Waals surface area contributed by atoms with Crippen molar-refractivity contribution in [1.29, 1.82) is 0 Å². The van der Waals surface area contributed by atoms with Crippen LogP contribution >= 0.6 is 15.9 Å². The molecule has 0 unspecified atom stereocenters. The maximum absolute atomic E-state index is 9.79. The number of rotatable bonds is 6. The Bertz CT molecular complexity index is 569. The fraction of sp³-hybridized carbons (Fsp3) is 0.429. The van der Waals surface area contributed by atoms with E-state index in [2.05, 4.69) is 32.9 Å². The zero-order valence-corrected chi connectivity index (χ0v) is 13.2. The SMILES string of the molecule is CCCn1ncnc1COc1ccc(Br)cc1[C@@H](C)O. The summed E-state index contributed by atoms with van der Waals surface area (Å²) < 4.78 is 8.53. The molecule has 2 rings (SSSR count). The molecule has 1 heterocycles. The molecule has 0 amide bonds. The van der Waals surface area contributed by atoms with Crippen LogP contribution in [0.4, 0.5) is 0 Å². The Hall–Kier alpha value is -1.40. The second kappa shape index (κ2) is 6.85. The van der Waals surface area contributed by atoms with Crippen LogP contribution in [0.5, 0.6) is 5.75 Å². The molecule has 1 atom stereocenters. The molecule has 0 saturated heterocycles. The molecule has 0 spiro atoms. The van der Waals surface area contributed by atoms with Crippen LogP contribution in [0.25, 0.3) is 0 Å². The highest BCUT2D eigenvalue weighted by molar-refractivity contribution is 9.10. The predicted octanol–water partition coefficient (Wildman–Crippen LogP) is 3.08. The van der Waals surface area contributed by atoms with Crippen molar-refractivity contribution in [1.82, 2.24) is 14.8 Å².